The van der Waals surface area contributed by atoms with Crippen molar-refractivity contribution in [3.8, 4) is 5.75 Å². The number of halogens is 1. The molecule has 2 N–H and O–H groups in total. The fourth-order valence-corrected chi connectivity index (χ4v) is 3.06. The molecule has 2 aromatic carbocycles. The fourth-order valence-electron chi connectivity index (χ4n) is 2.00. The number of anilines is 2. The highest BCUT2D eigenvalue weighted by Crippen LogP contribution is 2.30. The van der Waals surface area contributed by atoms with Crippen molar-refractivity contribution in [3.05, 3.63) is 48.3 Å². The number of amides is 1. The minimum Gasteiger partial charge on any atom is -0.495 e. The quantitative estimate of drug-likeness (QED) is 0.830. The largest absolute Gasteiger partial charge is 0.495 e. The number of nitrogens with one attached hydrogen (secondary N) is 2. The summed E-state index contributed by atoms with van der Waals surface area (Å²) in [6.07, 6.45) is 0. The van der Waals surface area contributed by atoms with Crippen LogP contribution in [0.1, 0.15) is 20.8 Å². The Morgan fingerprint density at radius 1 is 1.08 bits per heavy atom. The van der Waals surface area contributed by atoms with E-state index in [4.69, 9.17) is 4.74 Å². The van der Waals surface area contributed by atoms with Crippen molar-refractivity contribution in [2.24, 2.45) is 5.41 Å². The van der Waals surface area contributed by atoms with Gasteiger partial charge in [-0.25, -0.2) is 12.8 Å². The van der Waals surface area contributed by atoms with Gasteiger partial charge in [0.15, 0.2) is 0 Å². The van der Waals surface area contributed by atoms with Gasteiger partial charge in [-0.05, 0) is 42.5 Å². The molecule has 6 nitrogen and oxygen atoms in total. The van der Waals surface area contributed by atoms with E-state index in [0.29, 0.717) is 5.69 Å². The molecule has 2 rings (SSSR count). The molecule has 0 aliphatic heterocycles. The summed E-state index contributed by atoms with van der Waals surface area (Å²) in [5.41, 5.74) is -0.0284. The standard InChI is InChI=1S/C18H21FN2O4S/c1-18(2,3)17(22)20-13-7-10-16(25-4)15(11-13)21-26(23,24)14-8-5-12(19)6-9-14/h5-11,21H,1-4H3,(H,20,22). The SMILES string of the molecule is COc1ccc(NC(=O)C(C)(C)C)cc1NS(=O)(=O)c1ccc(F)cc1. The molecule has 2 aromatic rings. The molecule has 1 amide bonds. The van der Waals surface area contributed by atoms with E-state index in [9.17, 15) is 17.6 Å². The monoisotopic (exact) mass is 380 g/mol. The molecule has 0 heterocycles. The summed E-state index contributed by atoms with van der Waals surface area (Å²) in [6.45, 7) is 5.30. The van der Waals surface area contributed by atoms with E-state index in [0.717, 1.165) is 24.3 Å². The smallest absolute Gasteiger partial charge is 0.262 e. The molecule has 26 heavy (non-hydrogen) atoms. The van der Waals surface area contributed by atoms with Crippen LogP contribution < -0.4 is 14.8 Å². The number of sulfonamides is 1. The topological polar surface area (TPSA) is 84.5 Å². The van der Waals surface area contributed by atoms with Gasteiger partial charge in [0.1, 0.15) is 11.6 Å². The van der Waals surface area contributed by atoms with Crippen molar-refractivity contribution >= 4 is 27.3 Å². The Bertz CT molecular complexity index is 904. The molecule has 0 radical (unpaired) electrons. The van der Waals surface area contributed by atoms with E-state index >= 15 is 0 Å². The molecular weight excluding hydrogens is 359 g/mol. The van der Waals surface area contributed by atoms with Crippen LogP contribution in [0.15, 0.2) is 47.4 Å². The Balaban J connectivity index is 2.34. The summed E-state index contributed by atoms with van der Waals surface area (Å²) in [4.78, 5) is 12.0. The van der Waals surface area contributed by atoms with Gasteiger partial charge in [0, 0.05) is 11.1 Å². The van der Waals surface area contributed by atoms with E-state index in [1.807, 2.05) is 0 Å². The van der Waals surface area contributed by atoms with Gasteiger partial charge < -0.3 is 10.1 Å². The molecule has 0 fully saturated rings. The van der Waals surface area contributed by atoms with Gasteiger partial charge in [0.2, 0.25) is 5.91 Å². The fraction of sp³-hybridized carbons (Fsp3) is 0.278. The number of carbonyl (C=O) groups excluding carboxylic acids is 1. The molecule has 8 heteroatoms. The zero-order valence-corrected chi connectivity index (χ0v) is 15.8. The number of methoxy groups -OCH3 is 1. The molecule has 140 valence electrons. The van der Waals surface area contributed by atoms with Crippen molar-refractivity contribution in [1.29, 1.82) is 0 Å². The van der Waals surface area contributed by atoms with Gasteiger partial charge >= 0.3 is 0 Å². The maximum Gasteiger partial charge on any atom is 0.262 e. The molecule has 0 bridgehead atoms. The molecule has 0 saturated carbocycles. The lowest BCUT2D eigenvalue weighted by Gasteiger charge is -2.19. The van der Waals surface area contributed by atoms with Crippen LogP contribution in [0.5, 0.6) is 5.75 Å². The van der Waals surface area contributed by atoms with Crippen LogP contribution in [0.2, 0.25) is 0 Å². The van der Waals surface area contributed by atoms with Crippen LogP contribution in [0.3, 0.4) is 0 Å². The second-order valence-electron chi connectivity index (χ2n) is 6.68. The summed E-state index contributed by atoms with van der Waals surface area (Å²) in [6, 6.07) is 9.06. The lowest BCUT2D eigenvalue weighted by Crippen LogP contribution is -2.27. The highest BCUT2D eigenvalue weighted by molar-refractivity contribution is 7.92. The molecule has 0 unspecified atom stereocenters. The van der Waals surface area contributed by atoms with E-state index in [-0.39, 0.29) is 22.2 Å². The van der Waals surface area contributed by atoms with Gasteiger partial charge in [-0.2, -0.15) is 0 Å². The normalized spacial score (nSPS) is 11.7. The van der Waals surface area contributed by atoms with Crippen LogP contribution in [0, 0.1) is 11.2 Å². The highest BCUT2D eigenvalue weighted by Gasteiger charge is 2.22. The molecule has 0 aromatic heterocycles. The third kappa shape index (κ3) is 4.72. The van der Waals surface area contributed by atoms with Crippen molar-refractivity contribution in [1.82, 2.24) is 0 Å². The number of hydrogen-bond acceptors (Lipinski definition) is 4. The minimum atomic E-state index is -3.95. The van der Waals surface area contributed by atoms with Crippen LogP contribution in [0.25, 0.3) is 0 Å². The third-order valence-electron chi connectivity index (χ3n) is 3.51. The van der Waals surface area contributed by atoms with Crippen molar-refractivity contribution < 1.29 is 22.3 Å². The van der Waals surface area contributed by atoms with Crippen molar-refractivity contribution in [2.45, 2.75) is 25.7 Å². The number of benzene rings is 2. The second-order valence-corrected chi connectivity index (χ2v) is 8.36. The zero-order valence-electron chi connectivity index (χ0n) is 15.0. The van der Waals surface area contributed by atoms with Crippen molar-refractivity contribution in [3.63, 3.8) is 0 Å². The van der Waals surface area contributed by atoms with Crippen LogP contribution >= 0.6 is 0 Å². The highest BCUT2D eigenvalue weighted by atomic mass is 32.2. The number of hydrogen-bond donors (Lipinski definition) is 2. The first kappa shape index (κ1) is 19.7. The van der Waals surface area contributed by atoms with Gasteiger partial charge in [0.25, 0.3) is 10.0 Å². The Morgan fingerprint density at radius 3 is 2.23 bits per heavy atom. The first-order chi connectivity index (χ1) is 12.0. The summed E-state index contributed by atoms with van der Waals surface area (Å²) >= 11 is 0. The third-order valence-corrected chi connectivity index (χ3v) is 4.89. The molecule has 0 aliphatic carbocycles. The molecule has 0 saturated heterocycles. The number of ether oxygens (including phenoxy) is 1. The van der Waals surface area contributed by atoms with Gasteiger partial charge in [-0.15, -0.1) is 0 Å². The average molecular weight is 380 g/mol. The lowest BCUT2D eigenvalue weighted by molar-refractivity contribution is -0.123. The zero-order chi connectivity index (χ0) is 19.5. The average Bonchev–Trinajstić information content (AvgIpc) is 2.54. The van der Waals surface area contributed by atoms with Gasteiger partial charge in [-0.3, -0.25) is 9.52 Å². The molecule has 0 spiro atoms. The van der Waals surface area contributed by atoms with Gasteiger partial charge in [0.05, 0.1) is 17.7 Å². The summed E-state index contributed by atoms with van der Waals surface area (Å²) in [5, 5.41) is 2.73. The Morgan fingerprint density at radius 2 is 1.69 bits per heavy atom. The predicted octanol–water partition coefficient (Wildman–Crippen LogP) is 3.62. The molecule has 0 atom stereocenters. The maximum atomic E-state index is 13.0. The maximum absolute atomic E-state index is 13.0. The molecule has 0 aliphatic rings. The summed E-state index contributed by atoms with van der Waals surface area (Å²) < 4.78 is 45.6. The first-order valence-electron chi connectivity index (χ1n) is 7.81. The van der Waals surface area contributed by atoms with Crippen LogP contribution in [-0.2, 0) is 14.8 Å². The van der Waals surface area contributed by atoms with Gasteiger partial charge in [-0.1, -0.05) is 20.8 Å². The van der Waals surface area contributed by atoms with E-state index < -0.39 is 21.3 Å². The Labute approximate surface area is 152 Å². The summed E-state index contributed by atoms with van der Waals surface area (Å²) in [7, 11) is -2.54. The van der Waals surface area contributed by atoms with E-state index in [1.165, 1.54) is 13.2 Å². The summed E-state index contributed by atoms with van der Waals surface area (Å²) in [5.74, 6) is -0.465. The van der Waals surface area contributed by atoms with Crippen LogP contribution in [0.4, 0.5) is 15.8 Å². The minimum absolute atomic E-state index is 0.0925. The lowest BCUT2D eigenvalue weighted by atomic mass is 9.95. The Hall–Kier alpha value is -2.61. The number of rotatable bonds is 5. The first-order valence-corrected chi connectivity index (χ1v) is 9.29. The van der Waals surface area contributed by atoms with Crippen LogP contribution in [-0.4, -0.2) is 21.4 Å². The molecular formula is C18H21FN2O4S. The van der Waals surface area contributed by atoms with Crippen molar-refractivity contribution in [2.75, 3.05) is 17.1 Å². The van der Waals surface area contributed by atoms with E-state index in [1.54, 1.807) is 32.9 Å². The predicted molar refractivity (Wildman–Crippen MR) is 98.3 cm³/mol. The number of carbonyl (C=O) groups is 1. The Kier molecular flexibility index (Phi) is 5.56. The second kappa shape index (κ2) is 7.33. The van der Waals surface area contributed by atoms with E-state index in [2.05, 4.69) is 10.0 Å².